The fourth-order valence-corrected chi connectivity index (χ4v) is 6.58. The van der Waals surface area contributed by atoms with Gasteiger partial charge in [-0.2, -0.15) is 0 Å². The Labute approximate surface area is 259 Å². The van der Waals surface area contributed by atoms with Crippen molar-refractivity contribution in [2.75, 3.05) is 0 Å². The number of imidazole rings is 1. The number of aliphatic carboxylic acids is 1. The van der Waals surface area contributed by atoms with Gasteiger partial charge < -0.3 is 15.0 Å². The van der Waals surface area contributed by atoms with Gasteiger partial charge in [-0.15, -0.1) is 0 Å². The SMILES string of the molecule is CCC(NC(=O)c1ccc2c(c1)nc(-c1ccc3nc(C)cnc3c1)n2C1CCCCC1)(C(=O)O)c1ccc2nccnc2c1. The number of carboxylic acid groups (broad SMARTS) is 1. The molecule has 10 nitrogen and oxygen atoms in total. The summed E-state index contributed by atoms with van der Waals surface area (Å²) < 4.78 is 2.31. The van der Waals surface area contributed by atoms with Crippen molar-refractivity contribution in [3.8, 4) is 11.4 Å². The Morgan fingerprint density at radius 2 is 1.62 bits per heavy atom. The molecule has 1 saturated carbocycles. The molecule has 7 rings (SSSR count). The van der Waals surface area contributed by atoms with E-state index in [1.54, 1.807) is 55.8 Å². The third-order valence-corrected chi connectivity index (χ3v) is 9.00. The topological polar surface area (TPSA) is 136 Å². The van der Waals surface area contributed by atoms with Gasteiger partial charge in [0.1, 0.15) is 5.82 Å². The molecule has 1 aliphatic rings. The molecule has 2 N–H and O–H groups in total. The molecule has 3 aromatic carbocycles. The number of nitrogens with zero attached hydrogens (tertiary/aromatic N) is 6. The normalized spacial score (nSPS) is 15.3. The van der Waals surface area contributed by atoms with E-state index < -0.39 is 17.4 Å². The standard InChI is InChI=1S/C35H33N7O3/c1-3-35(34(44)45,24-11-13-26-29(19-24)37-16-15-36-26)41-33(43)23-10-14-31-30(18-23)40-32(42(31)25-7-5-4-6-8-25)22-9-12-27-28(17-22)38-20-21(2)39-27/h9-20,25H,3-8H2,1-2H3,(H,41,43)(H,44,45). The molecule has 226 valence electrons. The summed E-state index contributed by atoms with van der Waals surface area (Å²) in [6.07, 6.45) is 10.7. The van der Waals surface area contributed by atoms with Crippen LogP contribution in [0, 0.1) is 6.92 Å². The second kappa shape index (κ2) is 11.4. The first-order valence-corrected chi connectivity index (χ1v) is 15.4. The number of hydrogen-bond donors (Lipinski definition) is 2. The molecule has 1 atom stereocenters. The summed E-state index contributed by atoms with van der Waals surface area (Å²) in [7, 11) is 0. The first kappa shape index (κ1) is 28.5. The molecule has 0 radical (unpaired) electrons. The lowest BCUT2D eigenvalue weighted by molar-refractivity contribution is -0.145. The van der Waals surface area contributed by atoms with Gasteiger partial charge in [0.25, 0.3) is 5.91 Å². The van der Waals surface area contributed by atoms with E-state index in [2.05, 4.69) is 29.8 Å². The molecule has 3 aromatic heterocycles. The maximum atomic E-state index is 13.8. The number of aryl methyl sites for hydroxylation is 1. The monoisotopic (exact) mass is 599 g/mol. The fourth-order valence-electron chi connectivity index (χ4n) is 6.58. The number of benzene rings is 3. The van der Waals surface area contributed by atoms with Gasteiger partial charge in [0.2, 0.25) is 0 Å². The van der Waals surface area contributed by atoms with Crippen LogP contribution in [0.2, 0.25) is 0 Å². The molecule has 0 aliphatic heterocycles. The largest absolute Gasteiger partial charge is 0.479 e. The van der Waals surface area contributed by atoms with E-state index in [9.17, 15) is 14.7 Å². The zero-order valence-corrected chi connectivity index (χ0v) is 25.2. The summed E-state index contributed by atoms with van der Waals surface area (Å²) in [6.45, 7) is 3.67. The Morgan fingerprint density at radius 3 is 2.40 bits per heavy atom. The quantitative estimate of drug-likeness (QED) is 0.212. The van der Waals surface area contributed by atoms with Crippen LogP contribution in [0.4, 0.5) is 0 Å². The number of carboxylic acids is 1. The van der Waals surface area contributed by atoms with Gasteiger partial charge in [0, 0.05) is 35.8 Å². The molecule has 0 saturated heterocycles. The predicted octanol–water partition coefficient (Wildman–Crippen LogP) is 6.52. The fraction of sp³-hybridized carbons (Fsp3) is 0.286. The average Bonchev–Trinajstić information content (AvgIpc) is 3.46. The van der Waals surface area contributed by atoms with Crippen molar-refractivity contribution in [2.24, 2.45) is 0 Å². The van der Waals surface area contributed by atoms with Gasteiger partial charge in [-0.25, -0.2) is 14.8 Å². The Hall–Kier alpha value is -5.25. The molecular formula is C35H33N7O3. The van der Waals surface area contributed by atoms with Crippen molar-refractivity contribution in [2.45, 2.75) is 64.0 Å². The second-order valence-electron chi connectivity index (χ2n) is 11.8. The number of hydrogen-bond acceptors (Lipinski definition) is 7. The highest BCUT2D eigenvalue weighted by molar-refractivity contribution is 6.01. The molecule has 45 heavy (non-hydrogen) atoms. The average molecular weight is 600 g/mol. The Kier molecular flexibility index (Phi) is 7.19. The van der Waals surface area contributed by atoms with Crippen LogP contribution < -0.4 is 5.32 Å². The summed E-state index contributed by atoms with van der Waals surface area (Å²) in [4.78, 5) is 49.4. The molecule has 1 amide bonds. The number of rotatable bonds is 7. The highest BCUT2D eigenvalue weighted by atomic mass is 16.4. The summed E-state index contributed by atoms with van der Waals surface area (Å²) >= 11 is 0. The first-order valence-electron chi connectivity index (χ1n) is 15.4. The first-order chi connectivity index (χ1) is 21.9. The van der Waals surface area contributed by atoms with Crippen molar-refractivity contribution in [1.82, 2.24) is 34.8 Å². The van der Waals surface area contributed by atoms with E-state index in [0.29, 0.717) is 27.7 Å². The van der Waals surface area contributed by atoms with Crippen LogP contribution in [-0.2, 0) is 10.3 Å². The van der Waals surface area contributed by atoms with Gasteiger partial charge in [-0.1, -0.05) is 32.3 Å². The molecule has 1 unspecified atom stereocenters. The summed E-state index contributed by atoms with van der Waals surface area (Å²) in [5.74, 6) is -0.823. The molecule has 10 heteroatoms. The van der Waals surface area contributed by atoms with E-state index in [1.807, 2.05) is 31.2 Å². The van der Waals surface area contributed by atoms with Crippen LogP contribution in [0.5, 0.6) is 0 Å². The number of aromatic nitrogens is 6. The lowest BCUT2D eigenvalue weighted by Crippen LogP contribution is -2.51. The van der Waals surface area contributed by atoms with E-state index in [0.717, 1.165) is 59.3 Å². The van der Waals surface area contributed by atoms with Gasteiger partial charge >= 0.3 is 5.97 Å². The summed E-state index contributed by atoms with van der Waals surface area (Å²) in [6, 6.07) is 16.8. The summed E-state index contributed by atoms with van der Waals surface area (Å²) in [5, 5.41) is 13.3. The van der Waals surface area contributed by atoms with E-state index in [-0.39, 0.29) is 12.5 Å². The molecule has 6 aromatic rings. The van der Waals surface area contributed by atoms with Crippen molar-refractivity contribution in [1.29, 1.82) is 0 Å². The van der Waals surface area contributed by atoms with Crippen molar-refractivity contribution in [3.63, 3.8) is 0 Å². The summed E-state index contributed by atoms with van der Waals surface area (Å²) in [5.41, 5.74) is 5.34. The maximum Gasteiger partial charge on any atom is 0.334 e. The second-order valence-corrected chi connectivity index (χ2v) is 11.8. The van der Waals surface area contributed by atoms with Crippen LogP contribution in [-0.4, -0.2) is 46.5 Å². The third kappa shape index (κ3) is 5.05. The zero-order chi connectivity index (χ0) is 31.1. The molecule has 0 spiro atoms. The van der Waals surface area contributed by atoms with Gasteiger partial charge in [-0.3, -0.25) is 19.7 Å². The number of carbonyl (C=O) groups is 2. The van der Waals surface area contributed by atoms with Gasteiger partial charge in [-0.05, 0) is 80.3 Å². The Bertz CT molecular complexity index is 2100. The van der Waals surface area contributed by atoms with Gasteiger partial charge in [0.05, 0.1) is 38.8 Å². The van der Waals surface area contributed by atoms with Crippen molar-refractivity contribution >= 4 is 45.0 Å². The molecule has 0 bridgehead atoms. The van der Waals surface area contributed by atoms with Crippen LogP contribution >= 0.6 is 0 Å². The minimum Gasteiger partial charge on any atom is -0.479 e. The number of amides is 1. The van der Waals surface area contributed by atoms with Crippen LogP contribution in [0.3, 0.4) is 0 Å². The smallest absolute Gasteiger partial charge is 0.334 e. The Morgan fingerprint density at radius 1 is 0.867 bits per heavy atom. The van der Waals surface area contributed by atoms with Crippen molar-refractivity contribution in [3.05, 3.63) is 90.0 Å². The number of carbonyl (C=O) groups excluding carboxylic acids is 1. The van der Waals surface area contributed by atoms with Crippen LogP contribution in [0.1, 0.15) is 73.1 Å². The predicted molar refractivity (Wildman–Crippen MR) is 172 cm³/mol. The maximum absolute atomic E-state index is 13.8. The highest BCUT2D eigenvalue weighted by Gasteiger charge is 2.41. The van der Waals surface area contributed by atoms with Crippen molar-refractivity contribution < 1.29 is 14.7 Å². The highest BCUT2D eigenvalue weighted by Crippen LogP contribution is 2.37. The van der Waals surface area contributed by atoms with E-state index >= 15 is 0 Å². The minimum absolute atomic E-state index is 0.132. The van der Waals surface area contributed by atoms with E-state index in [4.69, 9.17) is 4.98 Å². The molecule has 1 fully saturated rings. The lowest BCUT2D eigenvalue weighted by atomic mass is 9.86. The third-order valence-electron chi connectivity index (χ3n) is 9.00. The number of nitrogens with one attached hydrogen (secondary N) is 1. The minimum atomic E-state index is -1.66. The number of fused-ring (bicyclic) bond motifs is 3. The van der Waals surface area contributed by atoms with Gasteiger partial charge in [0.15, 0.2) is 5.54 Å². The zero-order valence-electron chi connectivity index (χ0n) is 25.2. The molecular weight excluding hydrogens is 566 g/mol. The molecule has 1 aliphatic carbocycles. The van der Waals surface area contributed by atoms with Crippen LogP contribution in [0.15, 0.2) is 73.2 Å². The van der Waals surface area contributed by atoms with Crippen LogP contribution in [0.25, 0.3) is 44.5 Å². The lowest BCUT2D eigenvalue weighted by Gasteiger charge is -2.30. The van der Waals surface area contributed by atoms with E-state index in [1.165, 1.54) is 6.42 Å². The molecule has 3 heterocycles. The Balaban J connectivity index is 1.29.